The van der Waals surface area contributed by atoms with Gasteiger partial charge in [-0.2, -0.15) is 9.94 Å². The molecule has 10 heteroatoms. The van der Waals surface area contributed by atoms with Crippen LogP contribution in [0.5, 0.6) is 5.75 Å². The van der Waals surface area contributed by atoms with Gasteiger partial charge in [-0.25, -0.2) is 4.98 Å². The van der Waals surface area contributed by atoms with E-state index in [1.807, 2.05) is 36.6 Å². The summed E-state index contributed by atoms with van der Waals surface area (Å²) >= 11 is 2.48. The van der Waals surface area contributed by atoms with E-state index in [1.165, 1.54) is 27.8 Å². The van der Waals surface area contributed by atoms with Gasteiger partial charge >= 0.3 is 0 Å². The molecule has 8 nitrogen and oxygen atoms in total. The molecular weight excluding hydrogens is 372 g/mol. The van der Waals surface area contributed by atoms with Crippen molar-refractivity contribution in [3.8, 4) is 17.5 Å². The number of rotatable bonds is 7. The number of ether oxygens (including phenoxy) is 1. The summed E-state index contributed by atoms with van der Waals surface area (Å²) in [7, 11) is 1.56. The van der Waals surface area contributed by atoms with E-state index in [9.17, 15) is 10.1 Å². The van der Waals surface area contributed by atoms with E-state index in [2.05, 4.69) is 20.5 Å². The van der Waals surface area contributed by atoms with Crippen LogP contribution in [0.2, 0.25) is 0 Å². The number of carbonyl (C=O) groups excluding carboxylic acids is 1. The van der Waals surface area contributed by atoms with Crippen molar-refractivity contribution in [1.82, 2.24) is 25.2 Å². The third-order valence-corrected chi connectivity index (χ3v) is 5.40. The van der Waals surface area contributed by atoms with Crippen molar-refractivity contribution < 1.29 is 9.53 Å². The van der Waals surface area contributed by atoms with Crippen LogP contribution in [-0.2, 0) is 4.79 Å². The minimum atomic E-state index is -0.878. The van der Waals surface area contributed by atoms with Crippen LogP contribution in [0.15, 0.2) is 34.8 Å². The van der Waals surface area contributed by atoms with Gasteiger partial charge in [0.15, 0.2) is 11.7 Å². The Bertz CT molecular complexity index is 962. The van der Waals surface area contributed by atoms with Crippen molar-refractivity contribution >= 4 is 28.9 Å². The molecule has 0 aliphatic rings. The van der Waals surface area contributed by atoms with Gasteiger partial charge in [0.1, 0.15) is 16.4 Å². The van der Waals surface area contributed by atoms with E-state index < -0.39 is 5.92 Å². The lowest BCUT2D eigenvalue weighted by atomic mass is 10.1. The lowest BCUT2D eigenvalue weighted by molar-refractivity contribution is -0.116. The number of ketones is 1. The highest BCUT2D eigenvalue weighted by Gasteiger charge is 2.24. The second-order valence-electron chi connectivity index (χ2n) is 5.19. The van der Waals surface area contributed by atoms with Gasteiger partial charge in [-0.15, -0.1) is 16.4 Å². The minimum absolute atomic E-state index is 0.0619. The number of carbonyl (C=O) groups is 1. The van der Waals surface area contributed by atoms with Crippen LogP contribution in [0.4, 0.5) is 0 Å². The Morgan fingerprint density at radius 1 is 1.46 bits per heavy atom. The van der Waals surface area contributed by atoms with E-state index in [1.54, 1.807) is 13.2 Å². The number of thiazole rings is 1. The van der Waals surface area contributed by atoms with E-state index >= 15 is 0 Å². The maximum absolute atomic E-state index is 12.5. The standard InChI is InChI=1S/C16H14N6O2S2/c1-10-8-25-15(18-10)11(7-17)13(23)9-26-16-19-20-21-22(16)12-5-3-4-6-14(12)24-2/h3-6,8,11H,9H2,1-2H3. The molecule has 2 aromatic heterocycles. The van der Waals surface area contributed by atoms with Crippen LogP contribution in [-0.4, -0.2) is 43.8 Å². The van der Waals surface area contributed by atoms with E-state index in [4.69, 9.17) is 4.74 Å². The largest absolute Gasteiger partial charge is 0.494 e. The normalized spacial score (nSPS) is 11.7. The van der Waals surface area contributed by atoms with Gasteiger partial charge in [-0.1, -0.05) is 23.9 Å². The summed E-state index contributed by atoms with van der Waals surface area (Å²) in [6.07, 6.45) is 0. The highest BCUT2D eigenvalue weighted by molar-refractivity contribution is 7.99. The maximum Gasteiger partial charge on any atom is 0.214 e. The van der Waals surface area contributed by atoms with E-state index in [0.717, 1.165) is 5.69 Å². The Morgan fingerprint density at radius 3 is 2.96 bits per heavy atom. The van der Waals surface area contributed by atoms with Gasteiger partial charge in [0, 0.05) is 11.1 Å². The van der Waals surface area contributed by atoms with Crippen molar-refractivity contribution in [3.63, 3.8) is 0 Å². The van der Waals surface area contributed by atoms with Crippen molar-refractivity contribution in [1.29, 1.82) is 5.26 Å². The molecule has 1 aromatic carbocycles. The average molecular weight is 386 g/mol. The van der Waals surface area contributed by atoms with Crippen molar-refractivity contribution in [2.75, 3.05) is 12.9 Å². The summed E-state index contributed by atoms with van der Waals surface area (Å²) in [4.78, 5) is 16.7. The number of hydrogen-bond acceptors (Lipinski definition) is 9. The Morgan fingerprint density at radius 2 is 2.27 bits per heavy atom. The summed E-state index contributed by atoms with van der Waals surface area (Å²) in [5, 5.41) is 23.7. The third kappa shape index (κ3) is 3.74. The molecule has 0 aliphatic heterocycles. The molecule has 0 amide bonds. The SMILES string of the molecule is COc1ccccc1-n1nnnc1SCC(=O)C(C#N)c1nc(C)cs1. The number of benzene rings is 1. The number of Topliss-reactive ketones (excluding diaryl/α,β-unsaturated/α-hetero) is 1. The molecule has 0 saturated heterocycles. The molecule has 0 N–H and O–H groups in total. The summed E-state index contributed by atoms with van der Waals surface area (Å²) in [6, 6.07) is 9.34. The first kappa shape index (κ1) is 18.0. The maximum atomic E-state index is 12.5. The Balaban J connectivity index is 1.76. The second-order valence-corrected chi connectivity index (χ2v) is 7.02. The molecule has 132 valence electrons. The van der Waals surface area contributed by atoms with Crippen molar-refractivity contribution in [2.45, 2.75) is 18.0 Å². The first-order valence-electron chi connectivity index (χ1n) is 7.53. The Kier molecular flexibility index (Phi) is 5.60. The highest BCUT2D eigenvalue weighted by Crippen LogP contribution is 2.27. The number of aryl methyl sites for hydroxylation is 1. The first-order valence-corrected chi connectivity index (χ1v) is 9.39. The number of para-hydroxylation sites is 2. The smallest absolute Gasteiger partial charge is 0.214 e. The Hall–Kier alpha value is -2.77. The topological polar surface area (TPSA) is 107 Å². The molecule has 0 spiro atoms. The molecule has 0 saturated carbocycles. The predicted molar refractivity (Wildman–Crippen MR) is 96.6 cm³/mol. The van der Waals surface area contributed by atoms with Crippen LogP contribution in [0, 0.1) is 18.3 Å². The fourth-order valence-corrected chi connectivity index (χ4v) is 3.86. The molecule has 26 heavy (non-hydrogen) atoms. The molecule has 0 fully saturated rings. The van der Waals surface area contributed by atoms with Crippen LogP contribution < -0.4 is 4.74 Å². The predicted octanol–water partition coefficient (Wildman–Crippen LogP) is 2.40. The van der Waals surface area contributed by atoms with Crippen LogP contribution >= 0.6 is 23.1 Å². The van der Waals surface area contributed by atoms with Gasteiger partial charge in [-0.05, 0) is 29.5 Å². The van der Waals surface area contributed by atoms with Gasteiger partial charge < -0.3 is 4.74 Å². The molecule has 3 aromatic rings. The molecule has 0 radical (unpaired) electrons. The summed E-state index contributed by atoms with van der Waals surface area (Å²) in [6.45, 7) is 1.83. The van der Waals surface area contributed by atoms with Crippen LogP contribution in [0.25, 0.3) is 5.69 Å². The monoisotopic (exact) mass is 386 g/mol. The zero-order chi connectivity index (χ0) is 18.5. The molecular formula is C16H14N6O2S2. The molecule has 0 bridgehead atoms. The number of aromatic nitrogens is 5. The third-order valence-electron chi connectivity index (χ3n) is 3.43. The molecule has 0 aliphatic carbocycles. The molecule has 1 atom stereocenters. The summed E-state index contributed by atoms with van der Waals surface area (Å²) < 4.78 is 6.83. The number of thioether (sulfide) groups is 1. The summed E-state index contributed by atoms with van der Waals surface area (Å²) in [5.41, 5.74) is 1.47. The number of nitrogens with zero attached hydrogens (tertiary/aromatic N) is 6. The zero-order valence-electron chi connectivity index (χ0n) is 14.0. The van der Waals surface area contributed by atoms with Crippen LogP contribution in [0.3, 0.4) is 0 Å². The first-order chi connectivity index (χ1) is 12.6. The van der Waals surface area contributed by atoms with E-state index in [0.29, 0.717) is 21.6 Å². The highest BCUT2D eigenvalue weighted by atomic mass is 32.2. The zero-order valence-corrected chi connectivity index (χ0v) is 15.6. The number of tetrazole rings is 1. The second kappa shape index (κ2) is 8.07. The lowest BCUT2D eigenvalue weighted by Crippen LogP contribution is -2.14. The lowest BCUT2D eigenvalue weighted by Gasteiger charge is -2.09. The van der Waals surface area contributed by atoms with Crippen LogP contribution in [0.1, 0.15) is 16.6 Å². The average Bonchev–Trinajstić information content (AvgIpc) is 3.29. The van der Waals surface area contributed by atoms with Crippen molar-refractivity contribution in [3.05, 3.63) is 40.3 Å². The van der Waals surface area contributed by atoms with Gasteiger partial charge in [0.25, 0.3) is 0 Å². The molecule has 3 rings (SSSR count). The van der Waals surface area contributed by atoms with Gasteiger partial charge in [-0.3, -0.25) is 4.79 Å². The number of methoxy groups -OCH3 is 1. The fourth-order valence-electron chi connectivity index (χ4n) is 2.21. The van der Waals surface area contributed by atoms with E-state index in [-0.39, 0.29) is 11.5 Å². The molecule has 1 unspecified atom stereocenters. The van der Waals surface area contributed by atoms with Gasteiger partial charge in [0.05, 0.1) is 18.9 Å². The number of nitriles is 1. The fraction of sp³-hybridized carbons (Fsp3) is 0.250. The number of hydrogen-bond donors (Lipinski definition) is 0. The van der Waals surface area contributed by atoms with Crippen molar-refractivity contribution in [2.24, 2.45) is 0 Å². The quantitative estimate of drug-likeness (QED) is 0.570. The Labute approximate surface area is 157 Å². The molecule has 2 heterocycles. The van der Waals surface area contributed by atoms with Gasteiger partial charge in [0.2, 0.25) is 5.16 Å². The minimum Gasteiger partial charge on any atom is -0.494 e. The summed E-state index contributed by atoms with van der Waals surface area (Å²) in [5.74, 6) is -0.439.